The highest BCUT2D eigenvalue weighted by Crippen LogP contribution is 2.11. The van der Waals surface area contributed by atoms with Gasteiger partial charge in [-0.3, -0.25) is 4.79 Å². The molecule has 2 N–H and O–H groups in total. The summed E-state index contributed by atoms with van der Waals surface area (Å²) in [5.74, 6) is -0.389. The molecule has 0 saturated heterocycles. The molecule has 0 radical (unpaired) electrons. The van der Waals surface area contributed by atoms with Crippen molar-refractivity contribution in [2.24, 2.45) is 5.73 Å². The summed E-state index contributed by atoms with van der Waals surface area (Å²) in [6.07, 6.45) is 1.33. The number of carbonyl (C=O) groups excluding carboxylic acids is 1. The molecule has 0 bridgehead atoms. The SMILES string of the molecule is CCOCC(C)OCCCC(C)(N)C(=O)OC. The van der Waals surface area contributed by atoms with Gasteiger partial charge in [0.25, 0.3) is 0 Å². The normalized spacial score (nSPS) is 16.3. The summed E-state index contributed by atoms with van der Waals surface area (Å²) < 4.78 is 15.4. The zero-order valence-electron chi connectivity index (χ0n) is 11.3. The first-order valence-electron chi connectivity index (χ1n) is 6.00. The lowest BCUT2D eigenvalue weighted by atomic mass is 9.98. The maximum Gasteiger partial charge on any atom is 0.325 e. The molecule has 0 aliphatic rings. The molecular weight excluding hydrogens is 222 g/mol. The first-order valence-corrected chi connectivity index (χ1v) is 6.00. The summed E-state index contributed by atoms with van der Waals surface area (Å²) in [4.78, 5) is 11.3. The van der Waals surface area contributed by atoms with Crippen LogP contribution in [0, 0.1) is 0 Å². The fourth-order valence-corrected chi connectivity index (χ4v) is 1.39. The smallest absolute Gasteiger partial charge is 0.325 e. The second kappa shape index (κ2) is 8.44. The van der Waals surface area contributed by atoms with Crippen LogP contribution in [-0.2, 0) is 19.0 Å². The lowest BCUT2D eigenvalue weighted by molar-refractivity contribution is -0.146. The van der Waals surface area contributed by atoms with E-state index in [0.29, 0.717) is 26.2 Å². The molecule has 0 fully saturated rings. The number of hydrogen-bond acceptors (Lipinski definition) is 5. The number of ether oxygens (including phenoxy) is 3. The van der Waals surface area contributed by atoms with Gasteiger partial charge in [-0.2, -0.15) is 0 Å². The predicted octanol–water partition coefficient (Wildman–Crippen LogP) is 1.10. The molecule has 0 spiro atoms. The second-order valence-electron chi connectivity index (χ2n) is 4.35. The number of hydrogen-bond donors (Lipinski definition) is 1. The Hall–Kier alpha value is -0.650. The van der Waals surface area contributed by atoms with Gasteiger partial charge in [-0.15, -0.1) is 0 Å². The monoisotopic (exact) mass is 247 g/mol. The third-order valence-electron chi connectivity index (χ3n) is 2.45. The molecule has 2 atom stereocenters. The highest BCUT2D eigenvalue weighted by molar-refractivity contribution is 5.79. The molecule has 0 saturated carbocycles. The summed E-state index contributed by atoms with van der Waals surface area (Å²) in [5, 5.41) is 0. The molecule has 0 amide bonds. The molecule has 2 unspecified atom stereocenters. The van der Waals surface area contributed by atoms with Gasteiger partial charge in [-0.1, -0.05) is 0 Å². The summed E-state index contributed by atoms with van der Waals surface area (Å²) in [5.41, 5.74) is 4.88. The number of esters is 1. The summed E-state index contributed by atoms with van der Waals surface area (Å²) >= 11 is 0. The van der Waals surface area contributed by atoms with Crippen LogP contribution in [0.2, 0.25) is 0 Å². The minimum Gasteiger partial charge on any atom is -0.468 e. The van der Waals surface area contributed by atoms with Crippen LogP contribution < -0.4 is 5.73 Å². The average molecular weight is 247 g/mol. The van der Waals surface area contributed by atoms with Crippen LogP contribution in [0.15, 0.2) is 0 Å². The first kappa shape index (κ1) is 16.4. The van der Waals surface area contributed by atoms with E-state index in [1.54, 1.807) is 6.92 Å². The van der Waals surface area contributed by atoms with E-state index in [1.165, 1.54) is 7.11 Å². The Labute approximate surface area is 104 Å². The summed E-state index contributed by atoms with van der Waals surface area (Å²) in [6, 6.07) is 0. The van der Waals surface area contributed by atoms with Gasteiger partial charge in [0.1, 0.15) is 5.54 Å². The fourth-order valence-electron chi connectivity index (χ4n) is 1.39. The Bertz CT molecular complexity index is 219. The molecule has 0 heterocycles. The van der Waals surface area contributed by atoms with Gasteiger partial charge >= 0.3 is 5.97 Å². The standard InChI is InChI=1S/C12H25NO4/c1-5-16-9-10(2)17-8-6-7-12(3,13)11(14)15-4/h10H,5-9,13H2,1-4H3. The van der Waals surface area contributed by atoms with E-state index in [2.05, 4.69) is 4.74 Å². The van der Waals surface area contributed by atoms with Crippen LogP contribution in [0.5, 0.6) is 0 Å². The van der Waals surface area contributed by atoms with Crippen molar-refractivity contribution in [2.45, 2.75) is 45.3 Å². The molecule has 0 rings (SSSR count). The number of nitrogens with two attached hydrogens (primary N) is 1. The maximum atomic E-state index is 11.3. The molecule has 5 nitrogen and oxygen atoms in total. The Kier molecular flexibility index (Phi) is 8.12. The fraction of sp³-hybridized carbons (Fsp3) is 0.917. The molecule has 102 valence electrons. The second-order valence-corrected chi connectivity index (χ2v) is 4.35. The van der Waals surface area contributed by atoms with Crippen molar-refractivity contribution in [2.75, 3.05) is 26.9 Å². The van der Waals surface area contributed by atoms with Gasteiger partial charge in [0.05, 0.1) is 19.8 Å². The van der Waals surface area contributed by atoms with Crippen LogP contribution in [0.3, 0.4) is 0 Å². The van der Waals surface area contributed by atoms with E-state index in [4.69, 9.17) is 15.2 Å². The van der Waals surface area contributed by atoms with Crippen LogP contribution >= 0.6 is 0 Å². The Morgan fingerprint density at radius 2 is 2.12 bits per heavy atom. The molecule has 0 aromatic heterocycles. The minimum absolute atomic E-state index is 0.0668. The van der Waals surface area contributed by atoms with E-state index in [-0.39, 0.29) is 12.1 Å². The van der Waals surface area contributed by atoms with Gasteiger partial charge in [0.2, 0.25) is 0 Å². The Morgan fingerprint density at radius 3 is 2.65 bits per heavy atom. The lowest BCUT2D eigenvalue weighted by Gasteiger charge is -2.21. The zero-order valence-corrected chi connectivity index (χ0v) is 11.3. The quantitative estimate of drug-likeness (QED) is 0.488. The highest BCUT2D eigenvalue weighted by Gasteiger charge is 2.28. The minimum atomic E-state index is -0.929. The molecule has 0 aliphatic heterocycles. The van der Waals surface area contributed by atoms with Crippen molar-refractivity contribution in [1.82, 2.24) is 0 Å². The molecule has 17 heavy (non-hydrogen) atoms. The summed E-state index contributed by atoms with van der Waals surface area (Å²) in [6.45, 7) is 7.42. The van der Waals surface area contributed by atoms with Gasteiger partial charge in [-0.25, -0.2) is 0 Å². The topological polar surface area (TPSA) is 70.8 Å². The van der Waals surface area contributed by atoms with Gasteiger partial charge in [-0.05, 0) is 33.6 Å². The van der Waals surface area contributed by atoms with Gasteiger partial charge in [0.15, 0.2) is 0 Å². The Balaban J connectivity index is 3.66. The largest absolute Gasteiger partial charge is 0.468 e. The van der Waals surface area contributed by atoms with Crippen LogP contribution in [-0.4, -0.2) is 44.5 Å². The van der Waals surface area contributed by atoms with Crippen molar-refractivity contribution in [3.8, 4) is 0 Å². The van der Waals surface area contributed by atoms with Crippen LogP contribution in [0.4, 0.5) is 0 Å². The maximum absolute atomic E-state index is 11.3. The van der Waals surface area contributed by atoms with Gasteiger partial charge < -0.3 is 19.9 Å². The third-order valence-corrected chi connectivity index (χ3v) is 2.45. The Morgan fingerprint density at radius 1 is 1.47 bits per heavy atom. The highest BCUT2D eigenvalue weighted by atomic mass is 16.5. The van der Waals surface area contributed by atoms with Crippen molar-refractivity contribution < 1.29 is 19.0 Å². The summed E-state index contributed by atoms with van der Waals surface area (Å²) in [7, 11) is 1.34. The van der Waals surface area contributed by atoms with Gasteiger partial charge in [0, 0.05) is 13.2 Å². The van der Waals surface area contributed by atoms with E-state index >= 15 is 0 Å². The van der Waals surface area contributed by atoms with Crippen molar-refractivity contribution in [1.29, 1.82) is 0 Å². The molecule has 0 aromatic rings. The number of methoxy groups -OCH3 is 1. The van der Waals surface area contributed by atoms with Crippen LogP contribution in [0.1, 0.15) is 33.6 Å². The molecule has 0 aliphatic carbocycles. The van der Waals surface area contributed by atoms with Crippen molar-refractivity contribution in [3.05, 3.63) is 0 Å². The van der Waals surface area contributed by atoms with E-state index in [1.807, 2.05) is 13.8 Å². The van der Waals surface area contributed by atoms with E-state index < -0.39 is 5.54 Å². The predicted molar refractivity (Wildman–Crippen MR) is 65.7 cm³/mol. The molecular formula is C12H25NO4. The third kappa shape index (κ3) is 7.31. The van der Waals surface area contributed by atoms with E-state index in [0.717, 1.165) is 6.42 Å². The number of rotatable bonds is 9. The lowest BCUT2D eigenvalue weighted by Crippen LogP contribution is -2.45. The van der Waals surface area contributed by atoms with Crippen LogP contribution in [0.25, 0.3) is 0 Å². The molecule has 0 aromatic carbocycles. The van der Waals surface area contributed by atoms with Crippen molar-refractivity contribution in [3.63, 3.8) is 0 Å². The molecule has 5 heteroatoms. The zero-order chi connectivity index (χ0) is 13.3. The number of carbonyl (C=O) groups is 1. The van der Waals surface area contributed by atoms with Crippen molar-refractivity contribution >= 4 is 5.97 Å². The first-order chi connectivity index (χ1) is 7.94. The van der Waals surface area contributed by atoms with E-state index in [9.17, 15) is 4.79 Å². The average Bonchev–Trinajstić information content (AvgIpc) is 2.30.